The molecule has 1 aliphatic rings. The molecule has 12 nitrogen and oxygen atoms in total. The van der Waals surface area contributed by atoms with E-state index in [-0.39, 0.29) is 55.8 Å². The maximum atomic E-state index is 12.2. The molecule has 0 saturated heterocycles. The molecule has 1 unspecified atom stereocenters. The molecule has 0 radical (unpaired) electrons. The molecule has 6 N–H and O–H groups in total. The second-order valence-corrected chi connectivity index (χ2v) is 10.6. The number of unbranched alkanes of at least 4 members (excludes halogenated alkanes) is 2. The lowest BCUT2D eigenvalue weighted by Crippen LogP contribution is -2.39. The number of amides is 1. The second kappa shape index (κ2) is 19.6. The maximum Gasteiger partial charge on any atom is 0.328 e. The van der Waals surface area contributed by atoms with Gasteiger partial charge in [-0.05, 0) is 63.1 Å². The molecular formula is C29H43ClN2O10. The Morgan fingerprint density at radius 1 is 1.14 bits per heavy atom. The zero-order valence-electron chi connectivity index (χ0n) is 23.8. The average Bonchev–Trinajstić information content (AvgIpc) is 3.21. The van der Waals surface area contributed by atoms with Crippen molar-refractivity contribution >= 4 is 23.5 Å². The highest BCUT2D eigenvalue weighted by Gasteiger charge is 2.39. The lowest BCUT2D eigenvalue weighted by atomic mass is 9.89. The molecule has 1 amide bonds. The van der Waals surface area contributed by atoms with E-state index in [1.54, 1.807) is 36.4 Å². The molecule has 1 fully saturated rings. The summed E-state index contributed by atoms with van der Waals surface area (Å²) in [5.74, 6) is -0.825. The van der Waals surface area contributed by atoms with Gasteiger partial charge in [-0.15, -0.1) is 0 Å². The molecule has 42 heavy (non-hydrogen) atoms. The third kappa shape index (κ3) is 14.1. The predicted molar refractivity (Wildman–Crippen MR) is 152 cm³/mol. The van der Waals surface area contributed by atoms with Gasteiger partial charge in [-0.3, -0.25) is 20.0 Å². The molecule has 1 saturated carbocycles. The number of nitrogens with one attached hydrogen (secondary N) is 1. The number of hydrogen-bond acceptors (Lipinski definition) is 11. The summed E-state index contributed by atoms with van der Waals surface area (Å²) in [7, 11) is 0. The Balaban J connectivity index is 1.65. The van der Waals surface area contributed by atoms with Crippen LogP contribution in [0, 0.1) is 11.8 Å². The van der Waals surface area contributed by atoms with Crippen LogP contribution in [0.4, 0.5) is 0 Å². The number of halogens is 1. The largest absolute Gasteiger partial charge is 0.491 e. The number of ether oxygens (including phenoxy) is 2. The number of nitrogens with zero attached hydrogens (tertiary/aromatic N) is 1. The lowest BCUT2D eigenvalue weighted by molar-refractivity contribution is -0.492. The number of allylic oxidation sites excluding steroid dienone is 2. The van der Waals surface area contributed by atoms with Gasteiger partial charge in [0.05, 0.1) is 30.8 Å². The number of rotatable bonds is 19. The van der Waals surface area contributed by atoms with Crippen molar-refractivity contribution < 1.29 is 49.6 Å². The van der Waals surface area contributed by atoms with E-state index in [1.165, 1.54) is 6.92 Å². The fourth-order valence-corrected chi connectivity index (χ4v) is 4.71. The Morgan fingerprint density at radius 3 is 2.64 bits per heavy atom. The summed E-state index contributed by atoms with van der Waals surface area (Å²) in [4.78, 5) is 28.5. The second-order valence-electron chi connectivity index (χ2n) is 10.2. The van der Waals surface area contributed by atoms with Crippen molar-refractivity contribution in [3.63, 3.8) is 0 Å². The van der Waals surface area contributed by atoms with Crippen LogP contribution in [0.2, 0.25) is 5.02 Å². The fourth-order valence-electron chi connectivity index (χ4n) is 4.53. The molecule has 0 heterocycles. The van der Waals surface area contributed by atoms with E-state index < -0.39 is 30.3 Å². The van der Waals surface area contributed by atoms with Gasteiger partial charge in [0.2, 0.25) is 5.91 Å². The van der Waals surface area contributed by atoms with Gasteiger partial charge in [-0.1, -0.05) is 42.0 Å². The van der Waals surface area contributed by atoms with Gasteiger partial charge in [0.25, 0.3) is 0 Å². The van der Waals surface area contributed by atoms with Crippen molar-refractivity contribution in [2.24, 2.45) is 11.8 Å². The molecule has 236 valence electrons. The SMILES string of the molecule is CC(NC(=O)CCC/C=C\C[C@@H]1[C@@H](/C=C/[C@@H](O)COc2cccc(Cl)c2)[C@H](O)C[C@@H]1O)C(=O)OCCCCON(O)O. The molecular weight excluding hydrogens is 572 g/mol. The summed E-state index contributed by atoms with van der Waals surface area (Å²) >= 11 is 5.94. The molecule has 0 aromatic heterocycles. The number of esters is 1. The van der Waals surface area contributed by atoms with Crippen molar-refractivity contribution in [3.05, 3.63) is 53.6 Å². The summed E-state index contributed by atoms with van der Waals surface area (Å²) in [5, 5.41) is 50.7. The summed E-state index contributed by atoms with van der Waals surface area (Å²) in [6, 6.07) is 6.07. The van der Waals surface area contributed by atoms with Crippen LogP contribution >= 0.6 is 11.6 Å². The van der Waals surface area contributed by atoms with Gasteiger partial charge in [0, 0.05) is 23.8 Å². The van der Waals surface area contributed by atoms with E-state index in [2.05, 4.69) is 10.2 Å². The summed E-state index contributed by atoms with van der Waals surface area (Å²) in [5.41, 5.74) is 0. The van der Waals surface area contributed by atoms with Gasteiger partial charge in [-0.2, -0.15) is 0 Å². The molecule has 2 rings (SSSR count). The minimum absolute atomic E-state index is 0.0213. The van der Waals surface area contributed by atoms with E-state index in [9.17, 15) is 24.9 Å². The first-order chi connectivity index (χ1) is 20.1. The summed E-state index contributed by atoms with van der Waals surface area (Å²) in [6.07, 6.45) is 7.96. The quantitative estimate of drug-likeness (QED) is 0.0584. The van der Waals surface area contributed by atoms with E-state index in [4.69, 9.17) is 31.5 Å². The fraction of sp³-hybridized carbons (Fsp3) is 0.586. The number of aliphatic hydroxyl groups is 3. The van der Waals surface area contributed by atoms with E-state index >= 15 is 0 Å². The Labute approximate surface area is 251 Å². The first kappa shape index (κ1) is 35.6. The Hall–Kier alpha value is -2.55. The number of carbonyl (C=O) groups is 2. The van der Waals surface area contributed by atoms with E-state index in [1.807, 2.05) is 12.2 Å². The number of aliphatic hydroxyl groups excluding tert-OH is 3. The van der Waals surface area contributed by atoms with Crippen molar-refractivity contribution in [2.75, 3.05) is 19.8 Å². The highest BCUT2D eigenvalue weighted by Crippen LogP contribution is 2.36. The molecule has 0 aliphatic heterocycles. The first-order valence-electron chi connectivity index (χ1n) is 14.1. The zero-order valence-corrected chi connectivity index (χ0v) is 24.5. The Bertz CT molecular complexity index is 1010. The smallest absolute Gasteiger partial charge is 0.328 e. The molecule has 1 aromatic carbocycles. The zero-order chi connectivity index (χ0) is 30.9. The van der Waals surface area contributed by atoms with Crippen LogP contribution in [0.1, 0.15) is 51.9 Å². The van der Waals surface area contributed by atoms with E-state index in [0.29, 0.717) is 42.9 Å². The number of benzene rings is 1. The van der Waals surface area contributed by atoms with Gasteiger partial charge < -0.3 is 30.1 Å². The predicted octanol–water partition coefficient (Wildman–Crippen LogP) is 2.95. The third-order valence-electron chi connectivity index (χ3n) is 6.76. The van der Waals surface area contributed by atoms with Crippen molar-refractivity contribution in [2.45, 2.75) is 76.2 Å². The topological polar surface area (TPSA) is 178 Å². The average molecular weight is 615 g/mol. The Kier molecular flexibility index (Phi) is 16.6. The summed E-state index contributed by atoms with van der Waals surface area (Å²) in [6.45, 7) is 1.73. The summed E-state index contributed by atoms with van der Waals surface area (Å²) < 4.78 is 10.6. The van der Waals surface area contributed by atoms with Crippen LogP contribution < -0.4 is 10.1 Å². The van der Waals surface area contributed by atoms with Crippen molar-refractivity contribution in [1.29, 1.82) is 0 Å². The van der Waals surface area contributed by atoms with Crippen LogP contribution in [0.5, 0.6) is 5.75 Å². The molecule has 0 bridgehead atoms. The highest BCUT2D eigenvalue weighted by molar-refractivity contribution is 6.30. The number of hydrogen-bond donors (Lipinski definition) is 6. The van der Waals surface area contributed by atoms with Gasteiger partial charge >= 0.3 is 5.97 Å². The molecule has 0 spiro atoms. The van der Waals surface area contributed by atoms with Gasteiger partial charge in [-0.25, -0.2) is 4.79 Å². The maximum absolute atomic E-state index is 12.2. The monoisotopic (exact) mass is 614 g/mol. The van der Waals surface area contributed by atoms with Crippen LogP contribution in [0.3, 0.4) is 0 Å². The standard InChI is InChI=1S/C29H43ClN2O10/c1-20(29(37)40-15-6-7-16-42-32(38)39)31-28(36)12-5-3-2-4-11-24-25(27(35)18-26(24)34)14-13-22(33)19-41-23-10-8-9-21(30)17-23/h2,4,8-10,13-14,17,20,22,24-27,33-35,38-39H,3,5-7,11-12,15-16,18-19H2,1H3,(H,31,36)/b4-2-,14-13+/t20?,22-,24-,25-,26+,27-/m1/s1. The minimum Gasteiger partial charge on any atom is -0.491 e. The highest BCUT2D eigenvalue weighted by atomic mass is 35.5. The molecule has 6 atom stereocenters. The van der Waals surface area contributed by atoms with E-state index in [0.717, 1.165) is 0 Å². The van der Waals surface area contributed by atoms with Gasteiger partial charge in [0.15, 0.2) is 0 Å². The molecule has 1 aromatic rings. The van der Waals surface area contributed by atoms with Crippen molar-refractivity contribution in [3.8, 4) is 5.75 Å². The van der Waals surface area contributed by atoms with Crippen LogP contribution in [0.15, 0.2) is 48.6 Å². The first-order valence-corrected chi connectivity index (χ1v) is 14.5. The van der Waals surface area contributed by atoms with Crippen LogP contribution in [-0.2, 0) is 19.2 Å². The van der Waals surface area contributed by atoms with Crippen molar-refractivity contribution in [1.82, 2.24) is 10.7 Å². The minimum atomic E-state index is -0.896. The molecule has 1 aliphatic carbocycles. The molecule has 13 heteroatoms. The van der Waals surface area contributed by atoms with Gasteiger partial charge in [0.1, 0.15) is 24.5 Å². The lowest BCUT2D eigenvalue weighted by Gasteiger charge is -2.19. The van der Waals surface area contributed by atoms with Crippen LogP contribution in [-0.4, -0.2) is 87.2 Å². The Morgan fingerprint density at radius 2 is 1.90 bits per heavy atom. The number of carbonyl (C=O) groups excluding carboxylic acids is 2. The normalized spacial score (nSPS) is 22.1. The van der Waals surface area contributed by atoms with Crippen LogP contribution in [0.25, 0.3) is 0 Å². The third-order valence-corrected chi connectivity index (χ3v) is 6.99.